The van der Waals surface area contributed by atoms with E-state index in [0.717, 1.165) is 16.8 Å². The zero-order valence-corrected chi connectivity index (χ0v) is 35.2. The Hall–Kier alpha value is -7.26. The summed E-state index contributed by atoms with van der Waals surface area (Å²) >= 11 is 1.95. The van der Waals surface area contributed by atoms with E-state index in [9.17, 15) is 0 Å². The van der Waals surface area contributed by atoms with E-state index in [1.807, 2.05) is 25.2 Å². The van der Waals surface area contributed by atoms with Gasteiger partial charge in [-0.1, -0.05) is 208 Å². The third-order valence-corrected chi connectivity index (χ3v) is 13.3. The van der Waals surface area contributed by atoms with Crippen LogP contribution in [0.15, 0.2) is 225 Å². The number of rotatable bonds is 8. The van der Waals surface area contributed by atoms with E-state index in [2.05, 4.69) is 236 Å². The summed E-state index contributed by atoms with van der Waals surface area (Å²) in [5.74, 6) is 0. The largest absolute Gasteiger partial charge is 0.362 e. The molecule has 2 aliphatic carbocycles. The topological polar surface area (TPSA) is 12.0 Å². The van der Waals surface area contributed by atoms with E-state index in [1.165, 1.54) is 81.7 Å². The van der Waals surface area contributed by atoms with Crippen LogP contribution in [0, 0.1) is 0 Å². The summed E-state index contributed by atoms with van der Waals surface area (Å²) < 4.78 is 1.33. The second-order valence-corrected chi connectivity index (χ2v) is 16.3. The Morgan fingerprint density at radius 2 is 1.07 bits per heavy atom. The van der Waals surface area contributed by atoms with Crippen molar-refractivity contribution in [3.05, 3.63) is 257 Å². The van der Waals surface area contributed by atoms with Gasteiger partial charge in [-0.2, -0.15) is 0 Å². The Morgan fingerprint density at radius 3 is 1.72 bits per heavy atom. The average molecular weight is 800 g/mol. The summed E-state index contributed by atoms with van der Waals surface area (Å²) in [5.41, 5.74) is 18.4. The molecule has 0 radical (unpaired) electrons. The molecule has 1 nitrogen and oxygen atoms in total. The third-order valence-electron chi connectivity index (χ3n) is 12.0. The number of allylic oxidation sites excluding steroid dienone is 4. The van der Waals surface area contributed by atoms with E-state index >= 15 is 0 Å². The van der Waals surface area contributed by atoms with Crippen molar-refractivity contribution in [2.75, 3.05) is 5.32 Å². The lowest BCUT2D eigenvalue weighted by atomic mass is 9.73. The number of nitrogens with one attached hydrogen (secondary N) is 1. The van der Waals surface area contributed by atoms with Crippen molar-refractivity contribution in [3.8, 4) is 44.5 Å². The van der Waals surface area contributed by atoms with Gasteiger partial charge >= 0.3 is 0 Å². The molecule has 9 aromatic rings. The lowest BCUT2D eigenvalue weighted by Crippen LogP contribution is -2.25. The molecule has 2 aliphatic rings. The Kier molecular flexibility index (Phi) is 10.2. The molecular formula is C59H45NS. The minimum atomic E-state index is -0.401. The number of anilines is 1. The van der Waals surface area contributed by atoms with E-state index in [0.29, 0.717) is 0 Å². The molecule has 1 aromatic heterocycles. The predicted octanol–water partition coefficient (Wildman–Crippen LogP) is 16.3. The van der Waals surface area contributed by atoms with Crippen LogP contribution in [0.2, 0.25) is 0 Å². The molecule has 61 heavy (non-hydrogen) atoms. The van der Waals surface area contributed by atoms with Crippen LogP contribution in [0.25, 0.3) is 66.2 Å². The fraction of sp³-hybridized carbons (Fsp3) is 0.0508. The van der Waals surface area contributed by atoms with Crippen LogP contribution in [0.5, 0.6) is 0 Å². The van der Waals surface area contributed by atoms with Crippen LogP contribution >= 0.6 is 11.3 Å². The zero-order chi connectivity index (χ0) is 41.2. The standard InChI is InChI=1S/C57H39NS.C2H6/c1-3-15-40(16-4-1)43-28-26-39(27-29-43)14-13-19-42(36-37-58-46-33-30-44(31-34-46)41-17-5-2-6-18-41)45-32-35-49-53(38-45)57(56-55(49)50-22-9-12-25-54(50)59-56)51-23-10-7-20-47(51)48-21-8-11-24-52(48)57;1-2/h1-38,58H;1-2H3/b14-13-,37-36+,42-19+;. The maximum atomic E-state index is 3.57. The Morgan fingerprint density at radius 1 is 0.508 bits per heavy atom. The minimum absolute atomic E-state index is 0.401. The summed E-state index contributed by atoms with van der Waals surface area (Å²) in [6.45, 7) is 4.00. The number of hydrogen-bond acceptors (Lipinski definition) is 2. The van der Waals surface area contributed by atoms with E-state index < -0.39 is 5.41 Å². The molecule has 0 unspecified atom stereocenters. The average Bonchev–Trinajstić information content (AvgIpc) is 3.96. The first-order chi connectivity index (χ1) is 30.3. The summed E-state index contributed by atoms with van der Waals surface area (Å²) in [6.07, 6.45) is 10.9. The second-order valence-electron chi connectivity index (χ2n) is 15.3. The van der Waals surface area contributed by atoms with Crippen LogP contribution in [0.3, 0.4) is 0 Å². The van der Waals surface area contributed by atoms with Crippen molar-refractivity contribution in [2.24, 2.45) is 0 Å². The maximum absolute atomic E-state index is 3.57. The summed E-state index contributed by atoms with van der Waals surface area (Å²) in [4.78, 5) is 1.42. The van der Waals surface area contributed by atoms with Gasteiger partial charge in [-0.25, -0.2) is 0 Å². The Balaban J connectivity index is 0.00000220. The minimum Gasteiger partial charge on any atom is -0.362 e. The smallest absolute Gasteiger partial charge is 0.0819 e. The van der Waals surface area contributed by atoms with E-state index in [-0.39, 0.29) is 0 Å². The van der Waals surface area contributed by atoms with Crippen molar-refractivity contribution in [1.82, 2.24) is 0 Å². The molecule has 8 aromatic carbocycles. The summed E-state index contributed by atoms with van der Waals surface area (Å²) in [7, 11) is 0. The van der Waals surface area contributed by atoms with Crippen molar-refractivity contribution in [1.29, 1.82) is 0 Å². The van der Waals surface area contributed by atoms with Gasteiger partial charge in [0.05, 0.1) is 5.41 Å². The fourth-order valence-electron chi connectivity index (χ4n) is 9.27. The van der Waals surface area contributed by atoms with Crippen molar-refractivity contribution >= 4 is 38.8 Å². The zero-order valence-electron chi connectivity index (χ0n) is 34.3. The van der Waals surface area contributed by atoms with Crippen molar-refractivity contribution < 1.29 is 0 Å². The molecule has 0 aliphatic heterocycles. The molecule has 0 saturated heterocycles. The number of hydrogen-bond donors (Lipinski definition) is 1. The molecule has 1 N–H and O–H groups in total. The molecule has 0 fully saturated rings. The van der Waals surface area contributed by atoms with Crippen LogP contribution in [-0.4, -0.2) is 0 Å². The summed E-state index contributed by atoms with van der Waals surface area (Å²) in [6, 6.07) is 72.7. The molecule has 11 rings (SSSR count). The quantitative estimate of drug-likeness (QED) is 0.151. The van der Waals surface area contributed by atoms with Crippen molar-refractivity contribution in [2.45, 2.75) is 19.3 Å². The molecule has 1 heterocycles. The van der Waals surface area contributed by atoms with Crippen molar-refractivity contribution in [3.63, 3.8) is 0 Å². The third kappa shape index (κ3) is 6.66. The van der Waals surface area contributed by atoms with Crippen LogP contribution < -0.4 is 5.32 Å². The lowest BCUT2D eigenvalue weighted by Gasteiger charge is -2.29. The van der Waals surface area contributed by atoms with E-state index in [4.69, 9.17) is 0 Å². The van der Waals surface area contributed by atoms with Gasteiger partial charge in [-0.05, 0) is 103 Å². The first kappa shape index (κ1) is 38.0. The summed E-state index contributed by atoms with van der Waals surface area (Å²) in [5, 5.41) is 4.90. The maximum Gasteiger partial charge on any atom is 0.0819 e. The van der Waals surface area contributed by atoms with Crippen LogP contribution in [-0.2, 0) is 5.41 Å². The van der Waals surface area contributed by atoms with Gasteiger partial charge in [0, 0.05) is 32.4 Å². The molecule has 0 atom stereocenters. The predicted molar refractivity (Wildman–Crippen MR) is 263 cm³/mol. The van der Waals surface area contributed by atoms with Gasteiger partial charge in [0.2, 0.25) is 0 Å². The van der Waals surface area contributed by atoms with Gasteiger partial charge in [0.1, 0.15) is 0 Å². The van der Waals surface area contributed by atoms with Gasteiger partial charge in [0.25, 0.3) is 0 Å². The van der Waals surface area contributed by atoms with Crippen LogP contribution in [0.1, 0.15) is 46.5 Å². The Labute approximate surface area is 363 Å². The molecule has 0 amide bonds. The highest BCUT2D eigenvalue weighted by molar-refractivity contribution is 7.20. The van der Waals surface area contributed by atoms with E-state index in [1.54, 1.807) is 0 Å². The first-order valence-electron chi connectivity index (χ1n) is 21.2. The number of thiophene rings is 1. The lowest BCUT2D eigenvalue weighted by molar-refractivity contribution is 0.811. The normalized spacial score (nSPS) is 13.2. The molecule has 292 valence electrons. The first-order valence-corrected chi connectivity index (χ1v) is 22.1. The highest BCUT2D eigenvalue weighted by Crippen LogP contribution is 2.66. The number of benzene rings is 8. The Bertz CT molecular complexity index is 3050. The second kappa shape index (κ2) is 16.4. The van der Waals surface area contributed by atoms with Gasteiger partial charge in [-0.15, -0.1) is 11.3 Å². The monoisotopic (exact) mass is 799 g/mol. The molecule has 0 saturated carbocycles. The molecule has 0 bridgehead atoms. The van der Waals surface area contributed by atoms with Gasteiger partial charge in [-0.3, -0.25) is 0 Å². The SMILES string of the molecule is C(=C/c1ccc(-c2ccccc2)cc1)/C=C(\C=C\Nc1ccc(-c2ccccc2)cc1)c1ccc2c(c1)C1(c3ccccc3-c3ccccc31)c1sc3ccccc3c1-2.CC. The van der Waals surface area contributed by atoms with Crippen LogP contribution in [0.4, 0.5) is 5.69 Å². The number of fused-ring (bicyclic) bond motifs is 12. The van der Waals surface area contributed by atoms with Gasteiger partial charge in [0.15, 0.2) is 0 Å². The fourth-order valence-corrected chi connectivity index (χ4v) is 10.7. The molecule has 1 spiro atoms. The molecule has 2 heteroatoms. The molecular weight excluding hydrogens is 755 g/mol. The van der Waals surface area contributed by atoms with Gasteiger partial charge < -0.3 is 5.32 Å². The highest BCUT2D eigenvalue weighted by Gasteiger charge is 2.53. The highest BCUT2D eigenvalue weighted by atomic mass is 32.1.